The fraction of sp³-hybridized carbons (Fsp3) is 0.727. The molecule has 0 fully saturated rings. The van der Waals surface area contributed by atoms with Gasteiger partial charge in [0.05, 0.1) is 12.2 Å². The Hall–Kier alpha value is -0.870. The van der Waals surface area contributed by atoms with E-state index in [9.17, 15) is 9.90 Å². The Kier molecular flexibility index (Phi) is 5.54. The molecule has 1 atom stereocenters. The molecule has 4 heteroatoms. The van der Waals surface area contributed by atoms with Crippen molar-refractivity contribution in [1.82, 2.24) is 4.90 Å². The normalized spacial score (nSPS) is 16.3. The van der Waals surface area contributed by atoms with Gasteiger partial charge in [-0.25, -0.2) is 4.79 Å². The number of aliphatic hydroxyl groups is 1. The van der Waals surface area contributed by atoms with Crippen LogP contribution in [0.1, 0.15) is 20.8 Å². The molecule has 0 aromatic rings. The van der Waals surface area contributed by atoms with Crippen molar-refractivity contribution in [1.29, 1.82) is 0 Å². The van der Waals surface area contributed by atoms with E-state index in [4.69, 9.17) is 4.74 Å². The molecule has 1 unspecified atom stereocenters. The molecule has 0 aromatic heterocycles. The first-order valence-corrected chi connectivity index (χ1v) is 5.02. The Morgan fingerprint density at radius 2 is 2.07 bits per heavy atom. The van der Waals surface area contributed by atoms with Crippen molar-refractivity contribution in [3.63, 3.8) is 0 Å². The van der Waals surface area contributed by atoms with Gasteiger partial charge in [0, 0.05) is 12.6 Å². The van der Waals surface area contributed by atoms with Gasteiger partial charge in [0.25, 0.3) is 0 Å². The third-order valence-corrected chi connectivity index (χ3v) is 2.09. The summed E-state index contributed by atoms with van der Waals surface area (Å²) in [6.45, 7) is 5.96. The van der Waals surface area contributed by atoms with Crippen LogP contribution in [-0.4, -0.2) is 48.8 Å². The van der Waals surface area contributed by atoms with Gasteiger partial charge >= 0.3 is 5.97 Å². The van der Waals surface area contributed by atoms with Crippen molar-refractivity contribution in [2.75, 3.05) is 27.2 Å². The number of hydrogen-bond acceptors (Lipinski definition) is 4. The first kappa shape index (κ1) is 14.1. The lowest BCUT2D eigenvalue weighted by Crippen LogP contribution is -2.38. The van der Waals surface area contributed by atoms with Crippen molar-refractivity contribution < 1.29 is 14.6 Å². The van der Waals surface area contributed by atoms with Crippen LogP contribution in [0.5, 0.6) is 0 Å². The molecule has 0 saturated carbocycles. The van der Waals surface area contributed by atoms with Crippen LogP contribution in [0.3, 0.4) is 0 Å². The highest BCUT2D eigenvalue weighted by molar-refractivity contribution is 5.83. The maximum atomic E-state index is 11.2. The van der Waals surface area contributed by atoms with Gasteiger partial charge in [0.2, 0.25) is 0 Å². The predicted octanol–water partition coefficient (Wildman–Crippen LogP) is 0.808. The van der Waals surface area contributed by atoms with Gasteiger partial charge in [-0.2, -0.15) is 0 Å². The summed E-state index contributed by atoms with van der Waals surface area (Å²) in [5, 5.41) is 10.1. The number of carbonyl (C=O) groups is 1. The van der Waals surface area contributed by atoms with E-state index in [1.54, 1.807) is 20.8 Å². The van der Waals surface area contributed by atoms with E-state index in [-0.39, 0.29) is 0 Å². The fourth-order valence-electron chi connectivity index (χ4n) is 1.26. The molecule has 0 aliphatic carbocycles. The highest BCUT2D eigenvalue weighted by Gasteiger charge is 2.24. The second-order valence-electron chi connectivity index (χ2n) is 4.09. The van der Waals surface area contributed by atoms with Gasteiger partial charge in [-0.1, -0.05) is 0 Å². The molecular formula is C11H21NO3. The smallest absolute Gasteiger partial charge is 0.330 e. The van der Waals surface area contributed by atoms with Crippen LogP contribution in [0.4, 0.5) is 0 Å². The highest BCUT2D eigenvalue weighted by Crippen LogP contribution is 2.16. The number of esters is 1. The SMILES string of the molecule is CCOC(=O)/C=C(\C)C(C)(O)CN(C)C. The van der Waals surface area contributed by atoms with E-state index < -0.39 is 11.6 Å². The van der Waals surface area contributed by atoms with Crippen LogP contribution in [0, 0.1) is 0 Å². The molecule has 0 radical (unpaired) electrons. The van der Waals surface area contributed by atoms with E-state index in [0.717, 1.165) is 0 Å². The zero-order chi connectivity index (χ0) is 12.1. The second-order valence-corrected chi connectivity index (χ2v) is 4.09. The molecule has 0 spiro atoms. The summed E-state index contributed by atoms with van der Waals surface area (Å²) in [5.74, 6) is -0.408. The van der Waals surface area contributed by atoms with E-state index in [0.29, 0.717) is 18.7 Å². The van der Waals surface area contributed by atoms with E-state index in [1.807, 2.05) is 19.0 Å². The molecule has 0 aliphatic heterocycles. The lowest BCUT2D eigenvalue weighted by atomic mass is 9.96. The van der Waals surface area contributed by atoms with Crippen molar-refractivity contribution >= 4 is 5.97 Å². The zero-order valence-corrected chi connectivity index (χ0v) is 10.2. The Morgan fingerprint density at radius 3 is 2.47 bits per heavy atom. The van der Waals surface area contributed by atoms with Gasteiger partial charge in [-0.3, -0.25) is 0 Å². The van der Waals surface area contributed by atoms with Crippen LogP contribution >= 0.6 is 0 Å². The molecule has 15 heavy (non-hydrogen) atoms. The maximum absolute atomic E-state index is 11.2. The number of carbonyl (C=O) groups excluding carboxylic acids is 1. The summed E-state index contributed by atoms with van der Waals surface area (Å²) in [4.78, 5) is 13.0. The van der Waals surface area contributed by atoms with Crippen LogP contribution in [0.2, 0.25) is 0 Å². The van der Waals surface area contributed by atoms with E-state index >= 15 is 0 Å². The lowest BCUT2D eigenvalue weighted by molar-refractivity contribution is -0.137. The Labute approximate surface area is 91.5 Å². The third-order valence-electron chi connectivity index (χ3n) is 2.09. The summed E-state index contributed by atoms with van der Waals surface area (Å²) in [5.41, 5.74) is -0.398. The van der Waals surface area contributed by atoms with Crippen LogP contribution in [-0.2, 0) is 9.53 Å². The number of nitrogens with zero attached hydrogens (tertiary/aromatic N) is 1. The van der Waals surface area contributed by atoms with E-state index in [2.05, 4.69) is 0 Å². The molecule has 0 aromatic carbocycles. The molecular weight excluding hydrogens is 194 g/mol. The highest BCUT2D eigenvalue weighted by atomic mass is 16.5. The molecule has 0 heterocycles. The lowest BCUT2D eigenvalue weighted by Gasteiger charge is -2.27. The molecule has 88 valence electrons. The van der Waals surface area contributed by atoms with Gasteiger partial charge in [0.15, 0.2) is 0 Å². The molecule has 0 bridgehead atoms. The number of likely N-dealkylation sites (N-methyl/N-ethyl adjacent to an activating group) is 1. The molecule has 0 saturated heterocycles. The van der Waals surface area contributed by atoms with Crippen LogP contribution in [0.25, 0.3) is 0 Å². The van der Waals surface area contributed by atoms with Gasteiger partial charge in [-0.05, 0) is 40.4 Å². The van der Waals surface area contributed by atoms with Crippen molar-refractivity contribution in [3.05, 3.63) is 11.6 Å². The quantitative estimate of drug-likeness (QED) is 0.544. The molecule has 0 aliphatic rings. The van der Waals surface area contributed by atoms with Gasteiger partial charge in [-0.15, -0.1) is 0 Å². The monoisotopic (exact) mass is 215 g/mol. The average Bonchev–Trinajstić information content (AvgIpc) is 2.01. The molecule has 0 rings (SSSR count). The minimum Gasteiger partial charge on any atom is -0.463 e. The van der Waals surface area contributed by atoms with Gasteiger partial charge in [0.1, 0.15) is 0 Å². The summed E-state index contributed by atoms with van der Waals surface area (Å²) < 4.78 is 4.77. The first-order chi connectivity index (χ1) is 6.79. The largest absolute Gasteiger partial charge is 0.463 e. The van der Waals surface area contributed by atoms with Crippen molar-refractivity contribution in [3.8, 4) is 0 Å². The van der Waals surface area contributed by atoms with E-state index in [1.165, 1.54) is 6.08 Å². The molecule has 4 nitrogen and oxygen atoms in total. The topological polar surface area (TPSA) is 49.8 Å². The zero-order valence-electron chi connectivity index (χ0n) is 10.2. The first-order valence-electron chi connectivity index (χ1n) is 5.02. The minimum atomic E-state index is -1.00. The van der Waals surface area contributed by atoms with Crippen molar-refractivity contribution in [2.45, 2.75) is 26.4 Å². The Bertz CT molecular complexity index is 244. The fourth-order valence-corrected chi connectivity index (χ4v) is 1.26. The maximum Gasteiger partial charge on any atom is 0.330 e. The summed E-state index contributed by atoms with van der Waals surface area (Å²) >= 11 is 0. The molecule has 0 amide bonds. The predicted molar refractivity (Wildman–Crippen MR) is 59.6 cm³/mol. The summed E-state index contributed by atoms with van der Waals surface area (Å²) in [6.07, 6.45) is 1.34. The Balaban J connectivity index is 4.52. The number of ether oxygens (including phenoxy) is 1. The standard InChI is InChI=1S/C11H21NO3/c1-6-15-10(13)7-9(2)11(3,14)8-12(4)5/h7,14H,6,8H2,1-5H3/b9-7+. The number of hydrogen-bond donors (Lipinski definition) is 1. The third kappa shape index (κ3) is 5.54. The van der Waals surface area contributed by atoms with Crippen LogP contribution < -0.4 is 0 Å². The van der Waals surface area contributed by atoms with Gasteiger partial charge < -0.3 is 14.7 Å². The average molecular weight is 215 g/mol. The van der Waals surface area contributed by atoms with Crippen molar-refractivity contribution in [2.24, 2.45) is 0 Å². The summed E-state index contributed by atoms with van der Waals surface area (Å²) in [6, 6.07) is 0. The Morgan fingerprint density at radius 1 is 1.53 bits per heavy atom. The molecule has 1 N–H and O–H groups in total. The summed E-state index contributed by atoms with van der Waals surface area (Å²) in [7, 11) is 3.73. The van der Waals surface area contributed by atoms with Crippen LogP contribution in [0.15, 0.2) is 11.6 Å². The number of rotatable bonds is 5. The second kappa shape index (κ2) is 5.88. The minimum absolute atomic E-state index is 0.346.